The molecule has 280 valence electrons. The second-order valence-corrected chi connectivity index (χ2v) is 17.4. The third kappa shape index (κ3) is 5.58. The van der Waals surface area contributed by atoms with Gasteiger partial charge in [0.15, 0.2) is 29.7 Å². The van der Waals surface area contributed by atoms with E-state index >= 15 is 0 Å². The molecule has 4 nitrogen and oxygen atoms in total. The smallest absolute Gasteiger partial charge is 0.227 e. The number of pyridine rings is 3. The van der Waals surface area contributed by atoms with Crippen molar-refractivity contribution in [3.8, 4) is 33.8 Å². The maximum absolute atomic E-state index is 7.06. The van der Waals surface area contributed by atoms with Crippen molar-refractivity contribution in [1.82, 2.24) is 4.98 Å². The Labute approximate surface area is 331 Å². The fraction of sp³-hybridized carbons (Fsp3) is 0.327. The summed E-state index contributed by atoms with van der Waals surface area (Å²) in [7, 11) is 0. The van der Waals surface area contributed by atoms with Crippen LogP contribution >= 0.6 is 0 Å². The first-order valence-electron chi connectivity index (χ1n) is 20.9. The molecule has 0 spiro atoms. The number of fused-ring (bicyclic) bond motifs is 13. The first kappa shape index (κ1) is 35.1. The van der Waals surface area contributed by atoms with E-state index in [1.165, 1.54) is 110 Å². The molecule has 4 heteroatoms. The minimum atomic E-state index is 0.279. The summed E-state index contributed by atoms with van der Waals surface area (Å²) in [5.41, 5.74) is 22.1. The zero-order chi connectivity index (χ0) is 38.4. The number of hydrogen-bond donors (Lipinski definition) is 0. The highest BCUT2D eigenvalue weighted by Gasteiger charge is 2.43. The average molecular weight is 736 g/mol. The van der Waals surface area contributed by atoms with Crippen molar-refractivity contribution in [1.29, 1.82) is 0 Å². The SMILES string of the molecule is C=C1CC2c3cc(C)ccc3-c3cc(C)c(C)c[n+]3C2CCc2ccc3c(oc4nc(-c5c(C)cccc5C)ccc43)c2-c2cc(C3CCCCC3)c(C)c[n+]21. The lowest BCUT2D eigenvalue weighted by Gasteiger charge is -2.32. The van der Waals surface area contributed by atoms with Crippen LogP contribution < -0.4 is 9.13 Å². The van der Waals surface area contributed by atoms with Crippen molar-refractivity contribution in [3.05, 3.63) is 142 Å². The fourth-order valence-corrected chi connectivity index (χ4v) is 10.7. The molecule has 6 heterocycles. The van der Waals surface area contributed by atoms with E-state index in [1.807, 2.05) is 0 Å². The maximum atomic E-state index is 7.06. The normalized spacial score (nSPS) is 18.3. The lowest BCUT2D eigenvalue weighted by molar-refractivity contribution is -0.719. The quantitative estimate of drug-likeness (QED) is 0.166. The lowest BCUT2D eigenvalue weighted by atomic mass is 9.76. The Bertz CT molecular complexity index is 2740. The van der Waals surface area contributed by atoms with Crippen LogP contribution in [0.25, 0.3) is 61.5 Å². The van der Waals surface area contributed by atoms with Crippen LogP contribution in [0.15, 0.2) is 96.2 Å². The van der Waals surface area contributed by atoms with E-state index in [9.17, 15) is 0 Å². The molecule has 3 aliphatic rings. The number of allylic oxidation sites excluding steroid dienone is 1. The number of aromatic nitrogens is 3. The van der Waals surface area contributed by atoms with Gasteiger partial charge in [0.2, 0.25) is 17.1 Å². The van der Waals surface area contributed by atoms with Crippen molar-refractivity contribution in [2.24, 2.45) is 0 Å². The van der Waals surface area contributed by atoms with Crippen LogP contribution in [0.5, 0.6) is 0 Å². The Hall–Kier alpha value is -5.35. The van der Waals surface area contributed by atoms with E-state index in [-0.39, 0.29) is 6.04 Å². The molecule has 2 unspecified atom stereocenters. The Morgan fingerprint density at radius 1 is 0.679 bits per heavy atom. The fourth-order valence-electron chi connectivity index (χ4n) is 10.7. The van der Waals surface area contributed by atoms with Gasteiger partial charge in [-0.1, -0.05) is 67.3 Å². The van der Waals surface area contributed by atoms with Crippen LogP contribution in [0.2, 0.25) is 0 Å². The summed E-state index contributed by atoms with van der Waals surface area (Å²) in [5, 5.41) is 2.19. The Kier molecular flexibility index (Phi) is 8.40. The summed E-state index contributed by atoms with van der Waals surface area (Å²) in [4.78, 5) is 5.23. The minimum absolute atomic E-state index is 0.279. The molecule has 0 N–H and O–H groups in total. The van der Waals surface area contributed by atoms with Crippen LogP contribution in [0, 0.1) is 41.5 Å². The van der Waals surface area contributed by atoms with Gasteiger partial charge in [0.25, 0.3) is 0 Å². The van der Waals surface area contributed by atoms with Crippen molar-refractivity contribution in [2.45, 2.75) is 111 Å². The van der Waals surface area contributed by atoms with Gasteiger partial charge in [0, 0.05) is 58.0 Å². The number of furan rings is 1. The number of nitrogens with zero attached hydrogens (tertiary/aromatic N) is 3. The largest absolute Gasteiger partial charge is 0.437 e. The maximum Gasteiger partial charge on any atom is 0.227 e. The standard InChI is InChI=1S/C52H53N3O/c1-30-16-19-39-43(24-30)44-26-36(7)54-29-35(6)42(37-14-9-8-10-15-37)27-48(54)50-38(18-23-46(44)55-28-34(5)33(4)25-47(39)55)17-20-40-41-21-22-45(53-52(41)56-51(40)50)49-31(2)12-11-13-32(49)3/h11-13,16-17,19-22,24-25,27-29,37,44,46H,7-10,14-15,18,23,26H2,1-6H3/q+2. The lowest BCUT2D eigenvalue weighted by Crippen LogP contribution is -2.49. The molecule has 1 saturated carbocycles. The summed E-state index contributed by atoms with van der Waals surface area (Å²) >= 11 is 0. The molecule has 2 aliphatic heterocycles. The van der Waals surface area contributed by atoms with Crippen LogP contribution in [0.3, 0.4) is 0 Å². The van der Waals surface area contributed by atoms with Gasteiger partial charge in [-0.05, 0) is 125 Å². The van der Waals surface area contributed by atoms with Gasteiger partial charge in [-0.3, -0.25) is 0 Å². The predicted octanol–water partition coefficient (Wildman–Crippen LogP) is 12.6. The molecule has 10 rings (SSSR count). The van der Waals surface area contributed by atoms with E-state index in [1.54, 1.807) is 0 Å². The highest BCUT2D eigenvalue weighted by atomic mass is 16.3. The summed E-state index contributed by atoms with van der Waals surface area (Å²) in [6.07, 6.45) is 14.1. The molecule has 0 bridgehead atoms. The second kappa shape index (κ2) is 13.4. The molecule has 1 fully saturated rings. The number of aryl methyl sites for hydroxylation is 7. The van der Waals surface area contributed by atoms with Gasteiger partial charge in [-0.2, -0.15) is 9.13 Å². The molecule has 4 aromatic heterocycles. The average Bonchev–Trinajstić information content (AvgIpc) is 3.56. The predicted molar refractivity (Wildman–Crippen MR) is 229 cm³/mol. The molecule has 1 aliphatic carbocycles. The van der Waals surface area contributed by atoms with E-state index in [0.717, 1.165) is 47.0 Å². The molecule has 0 saturated heterocycles. The van der Waals surface area contributed by atoms with Crippen molar-refractivity contribution in [2.75, 3.05) is 0 Å². The summed E-state index contributed by atoms with van der Waals surface area (Å²) < 4.78 is 12.1. The van der Waals surface area contributed by atoms with Crippen LogP contribution in [-0.2, 0) is 6.42 Å². The molecular formula is C52H53N3O+2. The zero-order valence-electron chi connectivity index (χ0n) is 33.9. The molecule has 3 aromatic carbocycles. The van der Waals surface area contributed by atoms with Crippen molar-refractivity contribution in [3.63, 3.8) is 0 Å². The third-order valence-electron chi connectivity index (χ3n) is 13.8. The molecule has 2 atom stereocenters. The zero-order valence-corrected chi connectivity index (χ0v) is 33.9. The van der Waals surface area contributed by atoms with Gasteiger partial charge in [-0.25, -0.2) is 4.98 Å². The highest BCUT2D eigenvalue weighted by molar-refractivity contribution is 6.09. The Balaban J connectivity index is 1.21. The molecule has 0 amide bonds. The molecule has 0 radical (unpaired) electrons. The van der Waals surface area contributed by atoms with E-state index < -0.39 is 0 Å². The Morgan fingerprint density at radius 3 is 2.27 bits per heavy atom. The van der Waals surface area contributed by atoms with Crippen LogP contribution in [0.1, 0.15) is 113 Å². The number of benzene rings is 3. The van der Waals surface area contributed by atoms with Crippen molar-refractivity contribution < 1.29 is 13.6 Å². The van der Waals surface area contributed by atoms with Gasteiger partial charge < -0.3 is 4.42 Å². The monoisotopic (exact) mass is 735 g/mol. The molecule has 56 heavy (non-hydrogen) atoms. The summed E-state index contributed by atoms with van der Waals surface area (Å²) in [6, 6.07) is 27.9. The van der Waals surface area contributed by atoms with E-state index in [2.05, 4.69) is 136 Å². The van der Waals surface area contributed by atoms with Gasteiger partial charge in [-0.15, -0.1) is 0 Å². The topological polar surface area (TPSA) is 33.8 Å². The van der Waals surface area contributed by atoms with Gasteiger partial charge in [0.05, 0.1) is 17.2 Å². The minimum Gasteiger partial charge on any atom is -0.437 e. The summed E-state index contributed by atoms with van der Waals surface area (Å²) in [5.74, 6) is 0.870. The number of hydrogen-bond acceptors (Lipinski definition) is 2. The third-order valence-corrected chi connectivity index (χ3v) is 13.8. The number of rotatable bonds is 2. The van der Waals surface area contributed by atoms with Gasteiger partial charge >= 0.3 is 0 Å². The van der Waals surface area contributed by atoms with E-state index in [4.69, 9.17) is 16.0 Å². The molecular weight excluding hydrogens is 683 g/mol. The van der Waals surface area contributed by atoms with Crippen molar-refractivity contribution >= 4 is 27.8 Å². The second-order valence-electron chi connectivity index (χ2n) is 17.4. The first-order chi connectivity index (χ1) is 27.1. The van der Waals surface area contributed by atoms with Crippen LogP contribution in [-0.4, -0.2) is 4.98 Å². The molecule has 7 aromatic rings. The Morgan fingerprint density at radius 2 is 1.46 bits per heavy atom. The summed E-state index contributed by atoms with van der Waals surface area (Å²) in [6.45, 7) is 18.4. The first-order valence-corrected chi connectivity index (χ1v) is 20.9. The highest BCUT2D eigenvalue weighted by Crippen LogP contribution is 2.47. The van der Waals surface area contributed by atoms with E-state index in [0.29, 0.717) is 17.5 Å². The van der Waals surface area contributed by atoms with Crippen LogP contribution in [0.4, 0.5) is 0 Å². The van der Waals surface area contributed by atoms with Gasteiger partial charge in [0.1, 0.15) is 0 Å².